The Morgan fingerprint density at radius 3 is 2.54 bits per heavy atom. The molecule has 2 aromatic carbocycles. The summed E-state index contributed by atoms with van der Waals surface area (Å²) in [5.74, 6) is 1.05. The van der Waals surface area contributed by atoms with Gasteiger partial charge in [0, 0.05) is 16.4 Å². The van der Waals surface area contributed by atoms with E-state index in [2.05, 4.69) is 44.9 Å². The summed E-state index contributed by atoms with van der Waals surface area (Å²) in [4.78, 5) is 4.44. The molecule has 0 bridgehead atoms. The van der Waals surface area contributed by atoms with E-state index in [1.807, 2.05) is 37.3 Å². The molecule has 0 spiro atoms. The predicted octanol–water partition coefficient (Wildman–Crippen LogP) is 4.88. The third kappa shape index (κ3) is 4.00. The molecule has 0 saturated carbocycles. The second-order valence-corrected chi connectivity index (χ2v) is 5.86. The van der Waals surface area contributed by atoms with Crippen LogP contribution in [0.4, 0.5) is 23.1 Å². The number of anilines is 4. The molecule has 0 aliphatic rings. The van der Waals surface area contributed by atoms with Crippen LogP contribution < -0.4 is 10.6 Å². The molecule has 0 atom stereocenters. The highest BCUT2D eigenvalue weighted by Gasteiger charge is 2.04. The van der Waals surface area contributed by atoms with Crippen LogP contribution in [0, 0.1) is 6.92 Å². The third-order valence-electron chi connectivity index (χ3n) is 3.63. The Kier molecular flexibility index (Phi) is 4.91. The Balaban J connectivity index is 1.75. The fourth-order valence-corrected chi connectivity index (χ4v) is 2.50. The number of hydrogen-bond acceptors (Lipinski definition) is 5. The third-order valence-corrected chi connectivity index (χ3v) is 3.86. The quantitative estimate of drug-likeness (QED) is 0.693. The molecule has 0 aliphatic heterocycles. The van der Waals surface area contributed by atoms with Gasteiger partial charge >= 0.3 is 0 Å². The van der Waals surface area contributed by atoms with Crippen LogP contribution in [0.3, 0.4) is 0 Å². The zero-order chi connectivity index (χ0) is 16.9. The Hall–Kier alpha value is -2.66. The minimum Gasteiger partial charge on any atom is -0.339 e. The van der Waals surface area contributed by atoms with Gasteiger partial charge in [-0.2, -0.15) is 10.1 Å². The molecule has 0 saturated heterocycles. The second-order valence-electron chi connectivity index (χ2n) is 5.42. The first-order valence-corrected chi connectivity index (χ1v) is 8.10. The summed E-state index contributed by atoms with van der Waals surface area (Å²) in [6.07, 6.45) is 2.59. The van der Waals surface area contributed by atoms with Gasteiger partial charge in [-0.05, 0) is 54.8 Å². The van der Waals surface area contributed by atoms with E-state index in [-0.39, 0.29) is 0 Å². The molecule has 0 unspecified atom stereocenters. The van der Waals surface area contributed by atoms with Crippen LogP contribution >= 0.6 is 11.6 Å². The van der Waals surface area contributed by atoms with E-state index in [1.54, 1.807) is 6.20 Å². The Morgan fingerprint density at radius 1 is 1.04 bits per heavy atom. The average Bonchev–Trinajstić information content (AvgIpc) is 2.58. The first-order chi connectivity index (χ1) is 11.6. The van der Waals surface area contributed by atoms with Crippen molar-refractivity contribution in [3.8, 4) is 0 Å². The number of hydrogen-bond donors (Lipinski definition) is 2. The van der Waals surface area contributed by atoms with Crippen LogP contribution in [0.15, 0.2) is 48.7 Å². The predicted molar refractivity (Wildman–Crippen MR) is 98.4 cm³/mol. The van der Waals surface area contributed by atoms with Gasteiger partial charge in [0.2, 0.25) is 5.95 Å². The lowest BCUT2D eigenvalue weighted by molar-refractivity contribution is 0.982. The highest BCUT2D eigenvalue weighted by atomic mass is 35.5. The van der Waals surface area contributed by atoms with Gasteiger partial charge < -0.3 is 10.6 Å². The van der Waals surface area contributed by atoms with Crippen molar-refractivity contribution >= 4 is 34.7 Å². The highest BCUT2D eigenvalue weighted by Crippen LogP contribution is 2.23. The molecule has 122 valence electrons. The van der Waals surface area contributed by atoms with E-state index in [0.29, 0.717) is 16.8 Å². The maximum atomic E-state index is 5.98. The molecule has 0 radical (unpaired) electrons. The number of benzene rings is 2. The van der Waals surface area contributed by atoms with Crippen LogP contribution in [0.1, 0.15) is 18.1 Å². The Labute approximate surface area is 146 Å². The molecule has 6 heteroatoms. The molecule has 0 amide bonds. The van der Waals surface area contributed by atoms with Gasteiger partial charge in [0.05, 0.1) is 6.20 Å². The molecular weight excluding hydrogens is 322 g/mol. The van der Waals surface area contributed by atoms with Crippen molar-refractivity contribution in [3.05, 3.63) is 64.8 Å². The number of aromatic nitrogens is 3. The standard InChI is InChI=1S/C18H18ClN5/c1-3-13-4-7-15(8-5-13)21-18-23-17(11-20-24-18)22-16-9-6-14(19)10-12(16)2/h4-11H,3H2,1-2H3,(H2,21,22,23,24). The molecule has 3 rings (SSSR count). The van der Waals surface area contributed by atoms with Crippen molar-refractivity contribution in [2.45, 2.75) is 20.3 Å². The van der Waals surface area contributed by atoms with Crippen molar-refractivity contribution in [1.82, 2.24) is 15.2 Å². The zero-order valence-corrected chi connectivity index (χ0v) is 14.3. The number of aryl methyl sites for hydroxylation is 2. The molecule has 3 aromatic rings. The van der Waals surface area contributed by atoms with Gasteiger partial charge in [0.15, 0.2) is 5.82 Å². The highest BCUT2D eigenvalue weighted by molar-refractivity contribution is 6.30. The minimum atomic E-state index is 0.441. The summed E-state index contributed by atoms with van der Waals surface area (Å²) < 4.78 is 0. The lowest BCUT2D eigenvalue weighted by Gasteiger charge is -2.10. The summed E-state index contributed by atoms with van der Waals surface area (Å²) in [5, 5.41) is 15.1. The molecule has 0 aliphatic carbocycles. The molecule has 0 fully saturated rings. The average molecular weight is 340 g/mol. The minimum absolute atomic E-state index is 0.441. The Bertz CT molecular complexity index is 833. The number of nitrogens with one attached hydrogen (secondary N) is 2. The monoisotopic (exact) mass is 339 g/mol. The van der Waals surface area contributed by atoms with Crippen LogP contribution in [-0.4, -0.2) is 15.2 Å². The summed E-state index contributed by atoms with van der Waals surface area (Å²) in [5.41, 5.74) is 4.17. The number of rotatable bonds is 5. The molecule has 5 nitrogen and oxygen atoms in total. The van der Waals surface area contributed by atoms with E-state index in [9.17, 15) is 0 Å². The lowest BCUT2D eigenvalue weighted by atomic mass is 10.1. The van der Waals surface area contributed by atoms with Gasteiger partial charge in [-0.15, -0.1) is 5.10 Å². The molecule has 2 N–H and O–H groups in total. The van der Waals surface area contributed by atoms with Crippen molar-refractivity contribution < 1.29 is 0 Å². The van der Waals surface area contributed by atoms with Gasteiger partial charge in [0.25, 0.3) is 0 Å². The topological polar surface area (TPSA) is 62.7 Å². The van der Waals surface area contributed by atoms with Crippen LogP contribution in [-0.2, 0) is 6.42 Å². The lowest BCUT2D eigenvalue weighted by Crippen LogP contribution is -2.03. The molecule has 1 aromatic heterocycles. The first kappa shape index (κ1) is 16.2. The van der Waals surface area contributed by atoms with Crippen molar-refractivity contribution in [2.24, 2.45) is 0 Å². The van der Waals surface area contributed by atoms with E-state index < -0.39 is 0 Å². The smallest absolute Gasteiger partial charge is 0.249 e. The second kappa shape index (κ2) is 7.27. The van der Waals surface area contributed by atoms with Gasteiger partial charge in [-0.1, -0.05) is 30.7 Å². The van der Waals surface area contributed by atoms with E-state index >= 15 is 0 Å². The zero-order valence-electron chi connectivity index (χ0n) is 13.5. The van der Waals surface area contributed by atoms with Crippen molar-refractivity contribution in [1.29, 1.82) is 0 Å². The van der Waals surface area contributed by atoms with Crippen LogP contribution in [0.5, 0.6) is 0 Å². The van der Waals surface area contributed by atoms with Gasteiger partial charge in [0.1, 0.15) is 0 Å². The number of nitrogens with zero attached hydrogens (tertiary/aromatic N) is 3. The van der Waals surface area contributed by atoms with E-state index in [0.717, 1.165) is 23.4 Å². The molecular formula is C18H18ClN5. The fraction of sp³-hybridized carbons (Fsp3) is 0.167. The van der Waals surface area contributed by atoms with Gasteiger partial charge in [-0.25, -0.2) is 0 Å². The summed E-state index contributed by atoms with van der Waals surface area (Å²) >= 11 is 5.98. The summed E-state index contributed by atoms with van der Waals surface area (Å²) in [6, 6.07) is 13.8. The normalized spacial score (nSPS) is 10.5. The SMILES string of the molecule is CCc1ccc(Nc2nncc(Nc3ccc(Cl)cc3C)n2)cc1. The first-order valence-electron chi connectivity index (χ1n) is 7.73. The number of halogens is 1. The summed E-state index contributed by atoms with van der Waals surface area (Å²) in [6.45, 7) is 4.11. The fourth-order valence-electron chi connectivity index (χ4n) is 2.27. The van der Waals surface area contributed by atoms with E-state index in [4.69, 9.17) is 11.6 Å². The van der Waals surface area contributed by atoms with Crippen LogP contribution in [0.25, 0.3) is 0 Å². The van der Waals surface area contributed by atoms with Crippen LogP contribution in [0.2, 0.25) is 5.02 Å². The van der Waals surface area contributed by atoms with Gasteiger partial charge in [-0.3, -0.25) is 0 Å². The van der Waals surface area contributed by atoms with E-state index in [1.165, 1.54) is 5.56 Å². The largest absolute Gasteiger partial charge is 0.339 e. The van der Waals surface area contributed by atoms with Crippen molar-refractivity contribution in [3.63, 3.8) is 0 Å². The summed E-state index contributed by atoms with van der Waals surface area (Å²) in [7, 11) is 0. The maximum Gasteiger partial charge on any atom is 0.249 e. The molecule has 1 heterocycles. The van der Waals surface area contributed by atoms with Crippen molar-refractivity contribution in [2.75, 3.05) is 10.6 Å². The Morgan fingerprint density at radius 2 is 1.83 bits per heavy atom. The molecule has 24 heavy (non-hydrogen) atoms. The maximum absolute atomic E-state index is 5.98.